The quantitative estimate of drug-likeness (QED) is 0.228. The number of hydrogen-bond acceptors (Lipinski definition) is 5. The van der Waals surface area contributed by atoms with Crippen LogP contribution in [0.3, 0.4) is 0 Å². The molecule has 202 valence electrons. The van der Waals surface area contributed by atoms with E-state index in [4.69, 9.17) is 0 Å². The van der Waals surface area contributed by atoms with Crippen LogP contribution in [0.2, 0.25) is 0 Å². The molecule has 0 bridgehead atoms. The summed E-state index contributed by atoms with van der Waals surface area (Å²) in [4.78, 5) is 17.7. The molecule has 0 radical (unpaired) electrons. The molecular weight excluding hydrogens is 498 g/mol. The van der Waals surface area contributed by atoms with Crippen molar-refractivity contribution in [3.8, 4) is 33.6 Å². The molecule has 1 saturated carbocycles. The van der Waals surface area contributed by atoms with Gasteiger partial charge in [-0.3, -0.25) is 4.79 Å². The molecule has 1 aliphatic rings. The van der Waals surface area contributed by atoms with Crippen molar-refractivity contribution in [3.63, 3.8) is 0 Å². The van der Waals surface area contributed by atoms with Crippen LogP contribution in [-0.2, 0) is 13.0 Å². The summed E-state index contributed by atoms with van der Waals surface area (Å²) in [5.41, 5.74) is 7.00. The van der Waals surface area contributed by atoms with E-state index in [-0.39, 0.29) is 11.9 Å². The standard InChI is InChI=1S/C32H33N7O/c1-2-3-12-30-33-20-29(32(40)34-26-10-7-11-26)39(30)21-22-13-15-24(16-14-22)28-19-25(23-8-5-4-6-9-23)17-18-27(28)31-35-37-38-36-31/h4-6,8-9,13-20,26H,2-3,7,10-12,21H2,1H3,(H,34,40)(H,35,36,37,38). The second-order valence-corrected chi connectivity index (χ2v) is 10.4. The third kappa shape index (κ3) is 5.43. The van der Waals surface area contributed by atoms with Gasteiger partial charge in [0.1, 0.15) is 11.5 Å². The number of aromatic nitrogens is 6. The van der Waals surface area contributed by atoms with Gasteiger partial charge in [0.2, 0.25) is 5.82 Å². The smallest absolute Gasteiger partial charge is 0.269 e. The molecule has 5 aromatic rings. The van der Waals surface area contributed by atoms with Gasteiger partial charge in [-0.05, 0) is 70.8 Å². The molecule has 0 saturated heterocycles. The van der Waals surface area contributed by atoms with Gasteiger partial charge in [0.15, 0.2) is 0 Å². The van der Waals surface area contributed by atoms with E-state index in [1.807, 2.05) is 18.2 Å². The van der Waals surface area contributed by atoms with Gasteiger partial charge in [0, 0.05) is 24.6 Å². The first-order valence-corrected chi connectivity index (χ1v) is 14.1. The predicted molar refractivity (Wildman–Crippen MR) is 156 cm³/mol. The van der Waals surface area contributed by atoms with E-state index < -0.39 is 0 Å². The first-order valence-electron chi connectivity index (χ1n) is 14.1. The van der Waals surface area contributed by atoms with Crippen molar-refractivity contribution in [2.45, 2.75) is 58.0 Å². The van der Waals surface area contributed by atoms with Crippen molar-refractivity contribution in [3.05, 3.63) is 96.1 Å². The van der Waals surface area contributed by atoms with Gasteiger partial charge in [0.05, 0.1) is 6.20 Å². The van der Waals surface area contributed by atoms with Crippen molar-refractivity contribution in [2.75, 3.05) is 0 Å². The average molecular weight is 532 g/mol. The highest BCUT2D eigenvalue weighted by Gasteiger charge is 2.23. The van der Waals surface area contributed by atoms with Crippen LogP contribution >= 0.6 is 0 Å². The molecule has 8 nitrogen and oxygen atoms in total. The Kier molecular flexibility index (Phi) is 7.48. The Hall–Kier alpha value is -4.59. The molecule has 0 unspecified atom stereocenters. The van der Waals surface area contributed by atoms with Crippen LogP contribution in [-0.4, -0.2) is 42.1 Å². The molecule has 1 fully saturated rings. The van der Waals surface area contributed by atoms with E-state index in [9.17, 15) is 4.79 Å². The number of nitrogens with zero attached hydrogens (tertiary/aromatic N) is 5. The summed E-state index contributed by atoms with van der Waals surface area (Å²) >= 11 is 0. The Balaban J connectivity index is 1.31. The van der Waals surface area contributed by atoms with Crippen LogP contribution in [0.5, 0.6) is 0 Å². The van der Waals surface area contributed by atoms with Gasteiger partial charge in [-0.15, -0.1) is 10.2 Å². The third-order valence-electron chi connectivity index (χ3n) is 7.68. The number of rotatable bonds is 10. The number of aromatic amines is 1. The van der Waals surface area contributed by atoms with E-state index in [2.05, 4.69) is 97.0 Å². The number of nitrogens with one attached hydrogen (secondary N) is 2. The molecule has 2 aromatic heterocycles. The number of imidazole rings is 1. The molecule has 0 aliphatic heterocycles. The fourth-order valence-corrected chi connectivity index (χ4v) is 5.15. The van der Waals surface area contributed by atoms with Gasteiger partial charge in [0.25, 0.3) is 5.91 Å². The summed E-state index contributed by atoms with van der Waals surface area (Å²) in [5.74, 6) is 1.48. The van der Waals surface area contributed by atoms with Gasteiger partial charge in [-0.1, -0.05) is 74.0 Å². The zero-order valence-corrected chi connectivity index (χ0v) is 22.7. The summed E-state index contributed by atoms with van der Waals surface area (Å²) in [7, 11) is 0. The highest BCUT2D eigenvalue weighted by atomic mass is 16.2. The molecule has 6 rings (SSSR count). The van der Waals surface area contributed by atoms with E-state index >= 15 is 0 Å². The number of carbonyl (C=O) groups is 1. The van der Waals surface area contributed by atoms with Crippen LogP contribution in [0.25, 0.3) is 33.6 Å². The number of H-pyrrole nitrogens is 1. The monoisotopic (exact) mass is 531 g/mol. The maximum absolute atomic E-state index is 13.1. The van der Waals surface area contributed by atoms with Crippen molar-refractivity contribution >= 4 is 5.91 Å². The van der Waals surface area contributed by atoms with Crippen molar-refractivity contribution in [1.82, 2.24) is 35.5 Å². The summed E-state index contributed by atoms with van der Waals surface area (Å²) < 4.78 is 2.08. The average Bonchev–Trinajstić information content (AvgIpc) is 3.65. The summed E-state index contributed by atoms with van der Waals surface area (Å²) in [6.45, 7) is 2.76. The molecule has 2 heterocycles. The van der Waals surface area contributed by atoms with Gasteiger partial charge in [-0.2, -0.15) is 5.21 Å². The molecule has 0 atom stereocenters. The van der Waals surface area contributed by atoms with Crippen LogP contribution in [0.4, 0.5) is 0 Å². The number of unbranched alkanes of at least 4 members (excludes halogenated alkanes) is 1. The molecule has 8 heteroatoms. The largest absolute Gasteiger partial charge is 0.348 e. The minimum absolute atomic E-state index is 0.0287. The number of carbonyl (C=O) groups excluding carboxylic acids is 1. The van der Waals surface area contributed by atoms with E-state index in [0.717, 1.165) is 71.3 Å². The summed E-state index contributed by atoms with van der Waals surface area (Å²) in [5, 5.41) is 18.0. The Bertz CT molecular complexity index is 1570. The molecule has 1 amide bonds. The van der Waals surface area contributed by atoms with Crippen LogP contribution in [0.15, 0.2) is 79.0 Å². The van der Waals surface area contributed by atoms with Crippen LogP contribution in [0, 0.1) is 0 Å². The lowest BCUT2D eigenvalue weighted by molar-refractivity contribution is 0.0907. The van der Waals surface area contributed by atoms with Gasteiger partial charge >= 0.3 is 0 Å². The van der Waals surface area contributed by atoms with Gasteiger partial charge < -0.3 is 9.88 Å². The topological polar surface area (TPSA) is 101 Å². The van der Waals surface area contributed by atoms with Crippen molar-refractivity contribution < 1.29 is 4.79 Å². The maximum Gasteiger partial charge on any atom is 0.269 e. The van der Waals surface area contributed by atoms with Crippen LogP contribution < -0.4 is 5.32 Å². The zero-order chi connectivity index (χ0) is 27.3. The van der Waals surface area contributed by atoms with E-state index in [1.54, 1.807) is 6.20 Å². The number of aryl methyl sites for hydroxylation is 1. The predicted octanol–water partition coefficient (Wildman–Crippen LogP) is 6.07. The minimum atomic E-state index is -0.0287. The van der Waals surface area contributed by atoms with E-state index in [1.165, 1.54) is 6.42 Å². The van der Waals surface area contributed by atoms with Gasteiger partial charge in [-0.25, -0.2) is 4.98 Å². The molecule has 2 N–H and O–H groups in total. The van der Waals surface area contributed by atoms with E-state index in [0.29, 0.717) is 18.1 Å². The Morgan fingerprint density at radius 3 is 2.48 bits per heavy atom. The SMILES string of the molecule is CCCCc1ncc(C(=O)NC2CCC2)n1Cc1ccc(-c2cc(-c3ccccc3)ccc2-c2nn[nH]n2)cc1. The third-order valence-corrected chi connectivity index (χ3v) is 7.68. The lowest BCUT2D eigenvalue weighted by Gasteiger charge is -2.26. The Morgan fingerprint density at radius 2 is 1.77 bits per heavy atom. The lowest BCUT2D eigenvalue weighted by Crippen LogP contribution is -2.40. The Morgan fingerprint density at radius 1 is 0.975 bits per heavy atom. The summed E-state index contributed by atoms with van der Waals surface area (Å²) in [6.07, 6.45) is 8.00. The fourth-order valence-electron chi connectivity index (χ4n) is 5.15. The molecule has 3 aromatic carbocycles. The minimum Gasteiger partial charge on any atom is -0.348 e. The molecule has 40 heavy (non-hydrogen) atoms. The normalized spacial score (nSPS) is 13.2. The molecule has 0 spiro atoms. The number of benzene rings is 3. The first-order chi connectivity index (χ1) is 19.7. The second-order valence-electron chi connectivity index (χ2n) is 10.4. The lowest BCUT2D eigenvalue weighted by atomic mass is 9.93. The molecule has 1 aliphatic carbocycles. The first kappa shape index (κ1) is 25.7. The highest BCUT2D eigenvalue weighted by Crippen LogP contribution is 2.34. The highest BCUT2D eigenvalue weighted by molar-refractivity contribution is 5.93. The Labute approximate surface area is 233 Å². The van der Waals surface area contributed by atoms with Crippen molar-refractivity contribution in [1.29, 1.82) is 0 Å². The zero-order valence-electron chi connectivity index (χ0n) is 22.7. The van der Waals surface area contributed by atoms with Crippen molar-refractivity contribution in [2.24, 2.45) is 0 Å². The number of hydrogen-bond donors (Lipinski definition) is 2. The van der Waals surface area contributed by atoms with Crippen LogP contribution in [0.1, 0.15) is 60.9 Å². The number of amides is 1. The second kappa shape index (κ2) is 11.7. The summed E-state index contributed by atoms with van der Waals surface area (Å²) in [6, 6.07) is 25.4. The fraction of sp³-hybridized carbons (Fsp3) is 0.281. The molecular formula is C32H33N7O. The maximum atomic E-state index is 13.1. The number of tetrazole rings is 1.